The van der Waals surface area contributed by atoms with Crippen LogP contribution in [0.2, 0.25) is 0 Å². The topological polar surface area (TPSA) is 26.3 Å². The van der Waals surface area contributed by atoms with Gasteiger partial charge >= 0.3 is 5.97 Å². The average molecular weight is 347 g/mol. The molecule has 0 fully saturated rings. The lowest BCUT2D eigenvalue weighted by molar-refractivity contribution is 0.0768. The van der Waals surface area contributed by atoms with Crippen LogP contribution in [0, 0.1) is 0 Å². The molecule has 0 aliphatic rings. The van der Waals surface area contributed by atoms with Crippen LogP contribution < -0.4 is 0 Å². The van der Waals surface area contributed by atoms with E-state index in [2.05, 4.69) is 0 Å². The monoisotopic (exact) mass is 346 g/mol. The number of hydrogen-bond donors (Lipinski definition) is 0. The molecule has 8 heteroatoms. The quantitative estimate of drug-likeness (QED) is 0.601. The van der Waals surface area contributed by atoms with Crippen LogP contribution in [-0.4, -0.2) is 5.97 Å². The minimum atomic E-state index is -0.325. The molecule has 21 heavy (non-hydrogen) atoms. The second kappa shape index (κ2) is 14.7. The maximum atomic E-state index is 11.6. The first-order valence-electron chi connectivity index (χ1n) is 4.85. The van der Waals surface area contributed by atoms with Crippen LogP contribution in [0.15, 0.2) is 65.6 Å². The second-order valence-electron chi connectivity index (χ2n) is 3.13. The van der Waals surface area contributed by atoms with Crippen molar-refractivity contribution in [3.05, 3.63) is 66.2 Å². The average Bonchev–Trinajstić information content (AvgIpc) is 2.38. The Morgan fingerprint density at radius 3 is 1.67 bits per heavy atom. The standard InChI is InChI=1S/C13H10O2S.ClH.4FH/c14-13(11-7-3-1-4-8-11)15-16-12-9-5-2-6-10-12;;;;;/h1-10H;5*1H. The first-order chi connectivity index (χ1) is 7.86. The lowest BCUT2D eigenvalue weighted by atomic mass is 10.2. The van der Waals surface area contributed by atoms with E-state index in [4.69, 9.17) is 4.18 Å². The van der Waals surface area contributed by atoms with Gasteiger partial charge in [-0.05, 0) is 24.3 Å². The Bertz CT molecular complexity index is 474. The maximum Gasteiger partial charge on any atom is 0.350 e. The van der Waals surface area contributed by atoms with E-state index in [1.54, 1.807) is 12.1 Å². The van der Waals surface area contributed by atoms with Crippen molar-refractivity contribution < 1.29 is 27.8 Å². The summed E-state index contributed by atoms with van der Waals surface area (Å²) in [6, 6.07) is 18.4. The zero-order valence-corrected chi connectivity index (χ0v) is 12.2. The van der Waals surface area contributed by atoms with E-state index in [0.29, 0.717) is 5.56 Å². The highest BCUT2D eigenvalue weighted by molar-refractivity contribution is 7.95. The Hall–Kier alpha value is -1.73. The third-order valence-electron chi connectivity index (χ3n) is 1.97. The van der Waals surface area contributed by atoms with Crippen LogP contribution in [0.4, 0.5) is 18.8 Å². The van der Waals surface area contributed by atoms with Gasteiger partial charge in [0.15, 0.2) is 0 Å². The molecule has 0 saturated heterocycles. The molecule has 0 atom stereocenters. The molecule has 0 N–H and O–H groups in total. The van der Waals surface area contributed by atoms with Gasteiger partial charge in [-0.25, -0.2) is 4.79 Å². The van der Waals surface area contributed by atoms with Crippen LogP contribution >= 0.6 is 24.4 Å². The molecule has 120 valence electrons. The van der Waals surface area contributed by atoms with Crippen molar-refractivity contribution in [2.45, 2.75) is 4.90 Å². The molecular weight excluding hydrogens is 332 g/mol. The van der Waals surface area contributed by atoms with E-state index in [-0.39, 0.29) is 37.2 Å². The van der Waals surface area contributed by atoms with Gasteiger partial charge in [0.25, 0.3) is 0 Å². The number of hydrogen-bond acceptors (Lipinski definition) is 3. The lowest BCUT2D eigenvalue weighted by Gasteiger charge is -2.01. The van der Waals surface area contributed by atoms with Crippen LogP contribution in [0.5, 0.6) is 0 Å². The minimum Gasteiger partial charge on any atom is -0.382 e. The van der Waals surface area contributed by atoms with Gasteiger partial charge in [0.1, 0.15) is 0 Å². The smallest absolute Gasteiger partial charge is 0.350 e. The maximum absolute atomic E-state index is 11.6. The molecule has 0 radical (unpaired) electrons. The van der Waals surface area contributed by atoms with Gasteiger partial charge in [-0.15, -0.1) is 12.4 Å². The van der Waals surface area contributed by atoms with E-state index >= 15 is 0 Å². The fourth-order valence-corrected chi connectivity index (χ4v) is 1.72. The summed E-state index contributed by atoms with van der Waals surface area (Å²) < 4.78 is 5.09. The molecule has 0 amide bonds. The Kier molecular flexibility index (Phi) is 19.3. The zero-order valence-electron chi connectivity index (χ0n) is 10.5. The summed E-state index contributed by atoms with van der Waals surface area (Å²) in [5, 5.41) is 0. The fraction of sp³-hybridized carbons (Fsp3) is 0. The largest absolute Gasteiger partial charge is 0.382 e. The number of benzene rings is 2. The molecule has 0 saturated carbocycles. The molecule has 2 aromatic carbocycles. The minimum absolute atomic E-state index is 0. The molecule has 2 rings (SSSR count). The summed E-state index contributed by atoms with van der Waals surface area (Å²) in [7, 11) is 0. The number of halogens is 5. The van der Waals surface area contributed by atoms with Crippen molar-refractivity contribution in [2.75, 3.05) is 0 Å². The van der Waals surface area contributed by atoms with E-state index in [9.17, 15) is 4.79 Å². The number of carbonyl (C=O) groups excluding carboxylic acids is 1. The fourth-order valence-electron chi connectivity index (χ4n) is 1.18. The lowest BCUT2D eigenvalue weighted by Crippen LogP contribution is -1.98. The SMILES string of the molecule is Cl.F.F.F.F.O=C(OSc1ccccc1)c1ccccc1. The Labute approximate surface area is 130 Å². The summed E-state index contributed by atoms with van der Waals surface area (Å²) in [6.07, 6.45) is 0. The number of carbonyl (C=O) groups is 1. The normalized spacial score (nSPS) is 7.43. The third-order valence-corrected chi connectivity index (χ3v) is 2.67. The van der Waals surface area contributed by atoms with Gasteiger partial charge in [-0.1, -0.05) is 36.4 Å². The molecule has 2 aromatic rings. The molecule has 2 nitrogen and oxygen atoms in total. The summed E-state index contributed by atoms with van der Waals surface area (Å²) in [6.45, 7) is 0. The molecule has 0 spiro atoms. The molecular formula is C13H15ClF4O2S. The number of rotatable bonds is 3. The molecule has 0 heterocycles. The molecule has 0 bridgehead atoms. The highest BCUT2D eigenvalue weighted by Gasteiger charge is 2.06. The van der Waals surface area contributed by atoms with E-state index in [1.807, 2.05) is 48.5 Å². The Balaban J connectivity index is -0.000000289. The molecule has 0 aliphatic carbocycles. The van der Waals surface area contributed by atoms with Crippen LogP contribution in [0.3, 0.4) is 0 Å². The second-order valence-corrected chi connectivity index (χ2v) is 3.94. The summed E-state index contributed by atoms with van der Waals surface area (Å²) in [5.41, 5.74) is 0.561. The van der Waals surface area contributed by atoms with Gasteiger partial charge in [-0.2, -0.15) is 0 Å². The molecule has 0 unspecified atom stereocenters. The zero-order chi connectivity index (χ0) is 11.2. The van der Waals surface area contributed by atoms with Gasteiger partial charge in [0.2, 0.25) is 0 Å². The first kappa shape index (κ1) is 27.6. The van der Waals surface area contributed by atoms with Crippen molar-refractivity contribution >= 4 is 30.4 Å². The van der Waals surface area contributed by atoms with Crippen molar-refractivity contribution in [1.29, 1.82) is 0 Å². The Morgan fingerprint density at radius 1 is 0.762 bits per heavy atom. The summed E-state index contributed by atoms with van der Waals surface area (Å²) >= 11 is 1.07. The van der Waals surface area contributed by atoms with Gasteiger partial charge < -0.3 is 4.18 Å². The van der Waals surface area contributed by atoms with Gasteiger partial charge in [0.05, 0.1) is 17.6 Å². The van der Waals surface area contributed by atoms with Crippen LogP contribution in [0.25, 0.3) is 0 Å². The summed E-state index contributed by atoms with van der Waals surface area (Å²) in [5.74, 6) is -0.325. The Morgan fingerprint density at radius 2 is 1.19 bits per heavy atom. The van der Waals surface area contributed by atoms with E-state index in [0.717, 1.165) is 16.9 Å². The van der Waals surface area contributed by atoms with Crippen LogP contribution in [-0.2, 0) is 4.18 Å². The third kappa shape index (κ3) is 8.93. The highest BCUT2D eigenvalue weighted by atomic mass is 35.5. The van der Waals surface area contributed by atoms with Crippen LogP contribution in [0.1, 0.15) is 10.4 Å². The van der Waals surface area contributed by atoms with Crippen molar-refractivity contribution in [1.82, 2.24) is 0 Å². The molecule has 0 aromatic heterocycles. The predicted molar refractivity (Wildman–Crippen MR) is 81.4 cm³/mol. The predicted octanol–water partition coefficient (Wildman–Crippen LogP) is 4.58. The van der Waals surface area contributed by atoms with Gasteiger partial charge in [-0.3, -0.25) is 18.8 Å². The van der Waals surface area contributed by atoms with Gasteiger partial charge in [0, 0.05) is 4.90 Å². The van der Waals surface area contributed by atoms with E-state index in [1.165, 1.54) is 0 Å². The van der Waals surface area contributed by atoms with E-state index < -0.39 is 0 Å². The first-order valence-corrected chi connectivity index (χ1v) is 5.59. The van der Waals surface area contributed by atoms with Crippen molar-refractivity contribution in [3.8, 4) is 0 Å². The van der Waals surface area contributed by atoms with Crippen molar-refractivity contribution in [2.24, 2.45) is 0 Å². The highest BCUT2D eigenvalue weighted by Crippen LogP contribution is 2.19. The molecule has 0 aliphatic heterocycles. The summed E-state index contributed by atoms with van der Waals surface area (Å²) in [4.78, 5) is 12.5. The van der Waals surface area contributed by atoms with Crippen molar-refractivity contribution in [3.63, 3.8) is 0 Å².